The molecule has 0 bridgehead atoms. The molecule has 0 aliphatic carbocycles. The molecule has 0 radical (unpaired) electrons. The number of nitrogens with zero attached hydrogens (tertiary/aromatic N) is 4. The predicted molar refractivity (Wildman–Crippen MR) is 77.9 cm³/mol. The van der Waals surface area contributed by atoms with Gasteiger partial charge in [0.2, 0.25) is 10.0 Å². The molecule has 0 unspecified atom stereocenters. The van der Waals surface area contributed by atoms with Crippen LogP contribution in [0.4, 0.5) is 0 Å². The third-order valence-electron chi connectivity index (χ3n) is 3.00. The molecule has 2 heterocycles. The van der Waals surface area contributed by atoms with Gasteiger partial charge in [-0.3, -0.25) is 4.68 Å². The zero-order valence-electron chi connectivity index (χ0n) is 11.9. The maximum Gasteiger partial charge on any atom is 0.248 e. The van der Waals surface area contributed by atoms with Gasteiger partial charge < -0.3 is 4.52 Å². The number of hydrogen-bond acceptors (Lipinski definition) is 5. The molecule has 2 aromatic rings. The minimum Gasteiger partial charge on any atom is -0.360 e. The zero-order valence-corrected chi connectivity index (χ0v) is 14.2. The molecule has 0 saturated heterocycles. The van der Waals surface area contributed by atoms with Gasteiger partial charge in [-0.2, -0.15) is 9.40 Å². The van der Waals surface area contributed by atoms with Gasteiger partial charge >= 0.3 is 0 Å². The molecular weight excluding hydrogens is 339 g/mol. The minimum absolute atomic E-state index is 0.00815. The van der Waals surface area contributed by atoms with E-state index in [-0.39, 0.29) is 27.4 Å². The van der Waals surface area contributed by atoms with Gasteiger partial charge in [-0.1, -0.05) is 28.4 Å². The third kappa shape index (κ3) is 2.80. The van der Waals surface area contributed by atoms with Crippen molar-refractivity contribution in [2.45, 2.75) is 25.3 Å². The van der Waals surface area contributed by atoms with Crippen LogP contribution in [0.3, 0.4) is 0 Å². The van der Waals surface area contributed by atoms with Gasteiger partial charge in [-0.05, 0) is 13.8 Å². The van der Waals surface area contributed by atoms with E-state index < -0.39 is 10.0 Å². The number of hydrogen-bond donors (Lipinski definition) is 0. The Balaban J connectivity index is 2.36. The fourth-order valence-electron chi connectivity index (χ4n) is 1.93. The molecule has 2 rings (SSSR count). The smallest absolute Gasteiger partial charge is 0.248 e. The molecule has 0 aliphatic heterocycles. The van der Waals surface area contributed by atoms with Crippen LogP contribution in [0.5, 0.6) is 0 Å². The highest BCUT2D eigenvalue weighted by molar-refractivity contribution is 7.89. The van der Waals surface area contributed by atoms with Crippen molar-refractivity contribution in [1.82, 2.24) is 19.2 Å². The molecule has 0 N–H and O–H groups in total. The normalized spacial score (nSPS) is 12.3. The van der Waals surface area contributed by atoms with E-state index >= 15 is 0 Å². The number of aryl methyl sites for hydroxylation is 3. The van der Waals surface area contributed by atoms with E-state index in [4.69, 9.17) is 27.7 Å². The topological polar surface area (TPSA) is 81.2 Å². The lowest BCUT2D eigenvalue weighted by atomic mass is 10.4. The molecule has 116 valence electrons. The van der Waals surface area contributed by atoms with E-state index in [1.54, 1.807) is 20.9 Å². The van der Waals surface area contributed by atoms with E-state index in [0.29, 0.717) is 11.4 Å². The summed E-state index contributed by atoms with van der Waals surface area (Å²) >= 11 is 11.9. The van der Waals surface area contributed by atoms with Gasteiger partial charge in [0.25, 0.3) is 0 Å². The second-order valence-corrected chi connectivity index (χ2v) is 7.31. The zero-order chi connectivity index (χ0) is 15.9. The lowest BCUT2D eigenvalue weighted by Gasteiger charge is -2.15. The van der Waals surface area contributed by atoms with Gasteiger partial charge in [-0.15, -0.1) is 0 Å². The first-order chi connectivity index (χ1) is 9.66. The van der Waals surface area contributed by atoms with Crippen molar-refractivity contribution in [2.24, 2.45) is 7.05 Å². The lowest BCUT2D eigenvalue weighted by molar-refractivity contribution is 0.389. The molecule has 21 heavy (non-hydrogen) atoms. The van der Waals surface area contributed by atoms with E-state index in [2.05, 4.69) is 10.3 Å². The lowest BCUT2D eigenvalue weighted by Crippen LogP contribution is -2.27. The molecule has 10 heteroatoms. The van der Waals surface area contributed by atoms with E-state index in [0.717, 1.165) is 4.31 Å². The third-order valence-corrected chi connectivity index (χ3v) is 5.97. The van der Waals surface area contributed by atoms with E-state index in [9.17, 15) is 8.42 Å². The van der Waals surface area contributed by atoms with E-state index in [1.165, 1.54) is 11.7 Å². The quantitative estimate of drug-likeness (QED) is 0.841. The second-order valence-electron chi connectivity index (χ2n) is 4.59. The van der Waals surface area contributed by atoms with Crippen LogP contribution in [0, 0.1) is 13.8 Å². The first-order valence-electron chi connectivity index (χ1n) is 5.92. The Morgan fingerprint density at radius 3 is 2.38 bits per heavy atom. The average molecular weight is 353 g/mol. The van der Waals surface area contributed by atoms with Crippen LogP contribution >= 0.6 is 23.2 Å². The number of halogens is 2. The summed E-state index contributed by atoms with van der Waals surface area (Å²) in [6.45, 7) is 3.11. The molecule has 2 aromatic heterocycles. The molecule has 0 aromatic carbocycles. The van der Waals surface area contributed by atoms with Crippen molar-refractivity contribution in [3.63, 3.8) is 0 Å². The maximum atomic E-state index is 12.6. The number of aromatic nitrogens is 3. The number of sulfonamides is 1. The largest absolute Gasteiger partial charge is 0.360 e. The predicted octanol–water partition coefficient (Wildman–Crippen LogP) is 2.15. The molecule has 0 atom stereocenters. The summed E-state index contributed by atoms with van der Waals surface area (Å²) in [6.07, 6.45) is 0. The summed E-state index contributed by atoms with van der Waals surface area (Å²) in [7, 11) is -0.693. The Morgan fingerprint density at radius 1 is 1.33 bits per heavy atom. The summed E-state index contributed by atoms with van der Waals surface area (Å²) in [5.74, 6) is 0.240. The van der Waals surface area contributed by atoms with Crippen molar-refractivity contribution in [2.75, 3.05) is 7.05 Å². The first kappa shape index (κ1) is 16.3. The fourth-order valence-corrected chi connectivity index (χ4v) is 3.71. The molecule has 0 aliphatic rings. The SMILES string of the molecule is Cc1noc(C)c1S(=O)(=O)N(C)Cc1nn(C)c(Cl)c1Cl. The van der Waals surface area contributed by atoms with Crippen LogP contribution < -0.4 is 0 Å². The van der Waals surface area contributed by atoms with Crippen molar-refractivity contribution in [1.29, 1.82) is 0 Å². The minimum atomic E-state index is -3.75. The Kier molecular flexibility index (Phi) is 4.34. The number of rotatable bonds is 4. The highest BCUT2D eigenvalue weighted by atomic mass is 35.5. The van der Waals surface area contributed by atoms with Crippen LogP contribution in [-0.2, 0) is 23.6 Å². The van der Waals surface area contributed by atoms with Crippen molar-refractivity contribution < 1.29 is 12.9 Å². The molecule has 0 amide bonds. The van der Waals surface area contributed by atoms with Gasteiger partial charge in [0.1, 0.15) is 20.8 Å². The van der Waals surface area contributed by atoms with Crippen LogP contribution in [-0.4, -0.2) is 34.7 Å². The Morgan fingerprint density at radius 2 is 1.95 bits per heavy atom. The molecular formula is C11H14Cl2N4O3S. The van der Waals surface area contributed by atoms with Gasteiger partial charge in [0.15, 0.2) is 5.76 Å². The van der Waals surface area contributed by atoms with Gasteiger partial charge in [0.05, 0.1) is 12.2 Å². The van der Waals surface area contributed by atoms with Crippen LogP contribution in [0.2, 0.25) is 10.2 Å². The Bertz CT molecular complexity index is 762. The highest BCUT2D eigenvalue weighted by Crippen LogP contribution is 2.28. The van der Waals surface area contributed by atoms with Gasteiger partial charge in [0, 0.05) is 14.1 Å². The average Bonchev–Trinajstić information content (AvgIpc) is 2.85. The first-order valence-corrected chi connectivity index (χ1v) is 8.12. The van der Waals surface area contributed by atoms with Crippen molar-refractivity contribution >= 4 is 33.2 Å². The fraction of sp³-hybridized carbons (Fsp3) is 0.455. The van der Waals surface area contributed by atoms with Crippen LogP contribution in [0.25, 0.3) is 0 Å². The van der Waals surface area contributed by atoms with E-state index in [1.807, 2.05) is 0 Å². The summed E-state index contributed by atoms with van der Waals surface area (Å²) in [5.41, 5.74) is 0.687. The maximum absolute atomic E-state index is 12.6. The summed E-state index contributed by atoms with van der Waals surface area (Å²) in [4.78, 5) is 0.0585. The van der Waals surface area contributed by atoms with Crippen LogP contribution in [0.1, 0.15) is 17.1 Å². The molecule has 0 fully saturated rings. The van der Waals surface area contributed by atoms with Gasteiger partial charge in [-0.25, -0.2) is 8.42 Å². The monoisotopic (exact) mass is 352 g/mol. The van der Waals surface area contributed by atoms with Crippen molar-refractivity contribution in [3.05, 3.63) is 27.3 Å². The van der Waals surface area contributed by atoms with Crippen molar-refractivity contribution in [3.8, 4) is 0 Å². The standard InChI is InChI=1S/C11H14Cl2N4O3S/c1-6-10(7(2)20-15-6)21(18,19)16(3)5-8-9(12)11(13)17(4)14-8/h5H2,1-4H3. The molecule has 0 saturated carbocycles. The summed E-state index contributed by atoms with van der Waals surface area (Å²) < 4.78 is 32.5. The molecule has 0 spiro atoms. The Labute approximate surface area is 132 Å². The highest BCUT2D eigenvalue weighted by Gasteiger charge is 2.30. The summed E-state index contributed by atoms with van der Waals surface area (Å²) in [5, 5.41) is 8.25. The Hall–Kier alpha value is -1.09. The second kappa shape index (κ2) is 5.60. The summed E-state index contributed by atoms with van der Waals surface area (Å²) in [6, 6.07) is 0. The molecule has 7 nitrogen and oxygen atoms in total. The van der Waals surface area contributed by atoms with Crippen LogP contribution in [0.15, 0.2) is 9.42 Å².